The van der Waals surface area contributed by atoms with Gasteiger partial charge in [0.15, 0.2) is 0 Å². The third kappa shape index (κ3) is 3.89. The van der Waals surface area contributed by atoms with Crippen molar-refractivity contribution >= 4 is 0 Å². The molecule has 2 rings (SSSR count). The Balaban J connectivity index is 1.75. The lowest BCUT2D eigenvalue weighted by molar-refractivity contribution is 0.0757. The average Bonchev–Trinajstić information content (AvgIpc) is 2.89. The smallest absolute Gasteiger partial charge is 0.123 e. The maximum absolute atomic E-state index is 9.90. The lowest BCUT2D eigenvalue weighted by atomic mass is 10.3. The SMILES string of the molecule is COc1cccc(OC[C@H](O)CN2CCCC2)c1. The second-order valence-electron chi connectivity index (χ2n) is 4.65. The molecule has 1 fully saturated rings. The van der Waals surface area contributed by atoms with Crippen LogP contribution in [0.2, 0.25) is 0 Å². The number of methoxy groups -OCH3 is 1. The standard InChI is InChI=1S/C14H21NO3/c1-17-13-5-4-6-14(9-13)18-11-12(16)10-15-7-2-3-8-15/h4-6,9,12,16H,2-3,7-8,10-11H2,1H3/t12-/m1/s1. The molecule has 1 heterocycles. The van der Waals surface area contributed by atoms with Crippen LogP contribution < -0.4 is 9.47 Å². The van der Waals surface area contributed by atoms with E-state index in [0.717, 1.165) is 24.6 Å². The predicted octanol–water partition coefficient (Wildman–Crippen LogP) is 1.53. The molecule has 4 nitrogen and oxygen atoms in total. The van der Waals surface area contributed by atoms with Gasteiger partial charge in [0, 0.05) is 12.6 Å². The topological polar surface area (TPSA) is 41.9 Å². The van der Waals surface area contributed by atoms with Crippen LogP contribution in [0.5, 0.6) is 11.5 Å². The lowest BCUT2D eigenvalue weighted by Crippen LogP contribution is -2.33. The molecule has 0 spiro atoms. The van der Waals surface area contributed by atoms with E-state index in [1.165, 1.54) is 12.8 Å². The van der Waals surface area contributed by atoms with Gasteiger partial charge < -0.3 is 19.5 Å². The van der Waals surface area contributed by atoms with Gasteiger partial charge in [-0.15, -0.1) is 0 Å². The van der Waals surface area contributed by atoms with Crippen LogP contribution in [0.3, 0.4) is 0 Å². The molecular formula is C14H21NO3. The lowest BCUT2D eigenvalue weighted by Gasteiger charge is -2.19. The van der Waals surface area contributed by atoms with Gasteiger partial charge in [0.25, 0.3) is 0 Å². The van der Waals surface area contributed by atoms with Crippen molar-refractivity contribution in [3.8, 4) is 11.5 Å². The Morgan fingerprint density at radius 2 is 2.00 bits per heavy atom. The van der Waals surface area contributed by atoms with E-state index >= 15 is 0 Å². The largest absolute Gasteiger partial charge is 0.497 e. The molecule has 4 heteroatoms. The van der Waals surface area contributed by atoms with Crippen molar-refractivity contribution in [3.63, 3.8) is 0 Å². The van der Waals surface area contributed by atoms with Gasteiger partial charge in [-0.2, -0.15) is 0 Å². The number of β-amino-alcohol motifs (C(OH)–C–C–N with tert-alkyl or cyclic N) is 1. The van der Waals surface area contributed by atoms with E-state index < -0.39 is 6.10 Å². The van der Waals surface area contributed by atoms with Crippen molar-refractivity contribution in [2.75, 3.05) is 33.4 Å². The number of aliphatic hydroxyl groups excluding tert-OH is 1. The molecule has 0 saturated carbocycles. The molecule has 100 valence electrons. The van der Waals surface area contributed by atoms with E-state index in [0.29, 0.717) is 13.2 Å². The first-order chi connectivity index (χ1) is 8.78. The van der Waals surface area contributed by atoms with Gasteiger partial charge in [-0.25, -0.2) is 0 Å². The number of nitrogens with zero attached hydrogens (tertiary/aromatic N) is 1. The Hall–Kier alpha value is -1.26. The fraction of sp³-hybridized carbons (Fsp3) is 0.571. The van der Waals surface area contributed by atoms with Crippen LogP contribution in [-0.4, -0.2) is 49.5 Å². The highest BCUT2D eigenvalue weighted by Gasteiger charge is 2.16. The molecule has 0 aliphatic carbocycles. The fourth-order valence-corrected chi connectivity index (χ4v) is 2.20. The summed E-state index contributed by atoms with van der Waals surface area (Å²) in [6.07, 6.45) is 2.04. The maximum Gasteiger partial charge on any atom is 0.123 e. The average molecular weight is 251 g/mol. The van der Waals surface area contributed by atoms with Gasteiger partial charge in [0.05, 0.1) is 7.11 Å². The van der Waals surface area contributed by atoms with Crippen molar-refractivity contribution < 1.29 is 14.6 Å². The minimum absolute atomic E-state index is 0.323. The summed E-state index contributed by atoms with van der Waals surface area (Å²) in [6, 6.07) is 7.43. The zero-order valence-corrected chi connectivity index (χ0v) is 10.8. The normalized spacial score (nSPS) is 17.7. The van der Waals surface area contributed by atoms with Crippen LogP contribution in [0, 0.1) is 0 Å². The van der Waals surface area contributed by atoms with Gasteiger partial charge in [-0.3, -0.25) is 0 Å². The van der Waals surface area contributed by atoms with Gasteiger partial charge in [-0.05, 0) is 38.1 Å². The molecule has 1 atom stereocenters. The number of hydrogen-bond acceptors (Lipinski definition) is 4. The van der Waals surface area contributed by atoms with Crippen molar-refractivity contribution in [2.45, 2.75) is 18.9 Å². The highest BCUT2D eigenvalue weighted by molar-refractivity contribution is 5.32. The molecule has 0 aromatic heterocycles. The van der Waals surface area contributed by atoms with Crippen molar-refractivity contribution in [1.82, 2.24) is 4.90 Å². The Bertz CT molecular complexity index is 364. The summed E-state index contributed by atoms with van der Waals surface area (Å²) in [5.41, 5.74) is 0. The second kappa shape index (κ2) is 6.61. The Morgan fingerprint density at radius 3 is 2.72 bits per heavy atom. The van der Waals surface area contributed by atoms with Crippen molar-refractivity contribution in [1.29, 1.82) is 0 Å². The van der Waals surface area contributed by atoms with Crippen molar-refractivity contribution in [3.05, 3.63) is 24.3 Å². The van der Waals surface area contributed by atoms with Crippen LogP contribution in [0.4, 0.5) is 0 Å². The quantitative estimate of drug-likeness (QED) is 0.832. The molecule has 0 bridgehead atoms. The van der Waals surface area contributed by atoms with E-state index in [1.807, 2.05) is 24.3 Å². The Kier molecular flexibility index (Phi) is 4.84. The molecular weight excluding hydrogens is 230 g/mol. The highest BCUT2D eigenvalue weighted by atomic mass is 16.5. The summed E-state index contributed by atoms with van der Waals surface area (Å²) in [7, 11) is 1.63. The molecule has 1 aromatic rings. The summed E-state index contributed by atoms with van der Waals surface area (Å²) in [5, 5.41) is 9.90. The van der Waals surface area contributed by atoms with Gasteiger partial charge in [-0.1, -0.05) is 6.07 Å². The van der Waals surface area contributed by atoms with Crippen LogP contribution in [0.1, 0.15) is 12.8 Å². The van der Waals surface area contributed by atoms with Crippen LogP contribution in [0.25, 0.3) is 0 Å². The van der Waals surface area contributed by atoms with E-state index in [9.17, 15) is 5.11 Å². The first-order valence-electron chi connectivity index (χ1n) is 6.45. The van der Waals surface area contributed by atoms with E-state index in [4.69, 9.17) is 9.47 Å². The van der Waals surface area contributed by atoms with E-state index in [1.54, 1.807) is 7.11 Å². The number of ether oxygens (including phenoxy) is 2. The first-order valence-corrected chi connectivity index (χ1v) is 6.45. The van der Waals surface area contributed by atoms with Crippen LogP contribution in [-0.2, 0) is 0 Å². The molecule has 1 aliphatic rings. The molecule has 0 unspecified atom stereocenters. The minimum atomic E-state index is -0.436. The van der Waals surface area contributed by atoms with Gasteiger partial charge in [0.1, 0.15) is 24.2 Å². The fourth-order valence-electron chi connectivity index (χ4n) is 2.20. The van der Waals surface area contributed by atoms with E-state index in [-0.39, 0.29) is 0 Å². The van der Waals surface area contributed by atoms with Gasteiger partial charge >= 0.3 is 0 Å². The maximum atomic E-state index is 9.90. The molecule has 1 aliphatic heterocycles. The molecule has 0 amide bonds. The number of benzene rings is 1. The number of rotatable bonds is 6. The van der Waals surface area contributed by atoms with Crippen molar-refractivity contribution in [2.24, 2.45) is 0 Å². The van der Waals surface area contributed by atoms with Crippen LogP contribution in [0.15, 0.2) is 24.3 Å². The summed E-state index contributed by atoms with van der Waals surface area (Å²) in [4.78, 5) is 2.28. The summed E-state index contributed by atoms with van der Waals surface area (Å²) in [6.45, 7) is 3.21. The van der Waals surface area contributed by atoms with E-state index in [2.05, 4.69) is 4.90 Å². The third-order valence-corrected chi connectivity index (χ3v) is 3.15. The summed E-state index contributed by atoms with van der Waals surface area (Å²) in [5.74, 6) is 1.50. The molecule has 1 aromatic carbocycles. The van der Waals surface area contributed by atoms with Gasteiger partial charge in [0.2, 0.25) is 0 Å². The van der Waals surface area contributed by atoms with Crippen LogP contribution >= 0.6 is 0 Å². The molecule has 1 saturated heterocycles. The molecule has 0 radical (unpaired) electrons. The number of likely N-dealkylation sites (tertiary alicyclic amines) is 1. The zero-order chi connectivity index (χ0) is 12.8. The molecule has 1 N–H and O–H groups in total. The minimum Gasteiger partial charge on any atom is -0.497 e. The summed E-state index contributed by atoms with van der Waals surface area (Å²) < 4.78 is 10.7. The first kappa shape index (κ1) is 13.2. The number of hydrogen-bond donors (Lipinski definition) is 1. The Labute approximate surface area is 108 Å². The summed E-state index contributed by atoms with van der Waals surface area (Å²) >= 11 is 0. The number of aliphatic hydroxyl groups is 1. The zero-order valence-electron chi connectivity index (χ0n) is 10.8. The molecule has 18 heavy (non-hydrogen) atoms. The Morgan fingerprint density at radius 1 is 1.28 bits per heavy atom. The second-order valence-corrected chi connectivity index (χ2v) is 4.65. The predicted molar refractivity (Wildman–Crippen MR) is 70.2 cm³/mol. The highest BCUT2D eigenvalue weighted by Crippen LogP contribution is 2.19. The third-order valence-electron chi connectivity index (χ3n) is 3.15. The monoisotopic (exact) mass is 251 g/mol.